The molecule has 6 heteroatoms. The lowest BCUT2D eigenvalue weighted by atomic mass is 10.0. The topological polar surface area (TPSA) is 87.5 Å². The molecule has 1 aliphatic rings. The molecule has 4 N–H and O–H groups in total. The first kappa shape index (κ1) is 19.4. The summed E-state index contributed by atoms with van der Waals surface area (Å²) in [7, 11) is 0. The van der Waals surface area contributed by atoms with Gasteiger partial charge in [0.05, 0.1) is 12.5 Å². The first-order chi connectivity index (χ1) is 12.0. The molecule has 0 spiro atoms. The molecule has 0 radical (unpaired) electrons. The van der Waals surface area contributed by atoms with Crippen molar-refractivity contribution < 1.29 is 9.59 Å². The normalized spacial score (nSPS) is 18.0. The minimum Gasteiger partial charge on any atom is -0.327 e. The maximum atomic E-state index is 12.3. The van der Waals surface area contributed by atoms with Crippen LogP contribution in [-0.2, 0) is 9.59 Å². The fraction of sp³-hybridized carbons (Fsp3) is 0.579. The largest absolute Gasteiger partial charge is 0.327 e. The monoisotopic (exact) mass is 346 g/mol. The Morgan fingerprint density at radius 3 is 2.28 bits per heavy atom. The molecule has 6 nitrogen and oxygen atoms in total. The van der Waals surface area contributed by atoms with E-state index in [1.54, 1.807) is 19.1 Å². The third-order valence-electron chi connectivity index (χ3n) is 4.68. The van der Waals surface area contributed by atoms with Gasteiger partial charge in [0.25, 0.3) is 0 Å². The summed E-state index contributed by atoms with van der Waals surface area (Å²) in [5.41, 5.74) is 7.11. The van der Waals surface area contributed by atoms with Gasteiger partial charge in [-0.25, -0.2) is 0 Å². The molecule has 2 unspecified atom stereocenters. The van der Waals surface area contributed by atoms with Crippen molar-refractivity contribution in [1.29, 1.82) is 0 Å². The molecule has 1 aromatic carbocycles. The Hall–Kier alpha value is -1.92. The first-order valence-electron chi connectivity index (χ1n) is 9.14. The number of carbonyl (C=O) groups excluding carboxylic acids is 2. The summed E-state index contributed by atoms with van der Waals surface area (Å²) < 4.78 is 0. The molecule has 0 saturated carbocycles. The van der Waals surface area contributed by atoms with Crippen molar-refractivity contribution in [2.45, 2.75) is 45.6 Å². The number of nitrogens with two attached hydrogens (primary N) is 1. The van der Waals surface area contributed by atoms with E-state index in [9.17, 15) is 9.59 Å². The predicted octanol–water partition coefficient (Wildman–Crippen LogP) is 2.42. The van der Waals surface area contributed by atoms with Crippen LogP contribution in [0.5, 0.6) is 0 Å². The van der Waals surface area contributed by atoms with Crippen LogP contribution in [0.4, 0.5) is 11.4 Å². The fourth-order valence-electron chi connectivity index (χ4n) is 2.87. The van der Waals surface area contributed by atoms with Crippen LogP contribution in [0, 0.1) is 5.92 Å². The van der Waals surface area contributed by atoms with Crippen molar-refractivity contribution >= 4 is 23.2 Å². The highest BCUT2D eigenvalue weighted by Crippen LogP contribution is 2.17. The molecule has 138 valence electrons. The van der Waals surface area contributed by atoms with Crippen molar-refractivity contribution in [2.75, 3.05) is 30.3 Å². The third kappa shape index (κ3) is 6.48. The van der Waals surface area contributed by atoms with Gasteiger partial charge in [-0.05, 0) is 51.1 Å². The van der Waals surface area contributed by atoms with Gasteiger partial charge in [0, 0.05) is 17.4 Å². The van der Waals surface area contributed by atoms with Crippen LogP contribution < -0.4 is 16.4 Å². The molecule has 1 saturated heterocycles. The van der Waals surface area contributed by atoms with Crippen LogP contribution in [0.2, 0.25) is 0 Å². The zero-order valence-corrected chi connectivity index (χ0v) is 15.3. The fourth-order valence-corrected chi connectivity index (χ4v) is 2.87. The minimum atomic E-state index is -0.277. The van der Waals surface area contributed by atoms with E-state index in [1.165, 1.54) is 12.8 Å². The van der Waals surface area contributed by atoms with Gasteiger partial charge in [-0.3, -0.25) is 14.5 Å². The zero-order chi connectivity index (χ0) is 18.2. The van der Waals surface area contributed by atoms with Gasteiger partial charge in [-0.1, -0.05) is 25.8 Å². The lowest BCUT2D eigenvalue weighted by Crippen LogP contribution is -2.34. The molecule has 1 aliphatic heterocycles. The van der Waals surface area contributed by atoms with Gasteiger partial charge in [-0.2, -0.15) is 0 Å². The maximum absolute atomic E-state index is 12.3. The van der Waals surface area contributed by atoms with Crippen LogP contribution in [0.3, 0.4) is 0 Å². The molecule has 2 rings (SSSR count). The van der Waals surface area contributed by atoms with Crippen LogP contribution in [0.1, 0.15) is 39.5 Å². The molecule has 0 bridgehead atoms. The van der Waals surface area contributed by atoms with Crippen molar-refractivity contribution in [2.24, 2.45) is 11.7 Å². The second kappa shape index (κ2) is 9.53. The Bertz CT molecular complexity index is 581. The van der Waals surface area contributed by atoms with E-state index in [4.69, 9.17) is 5.73 Å². The summed E-state index contributed by atoms with van der Waals surface area (Å²) in [6, 6.07) is 7.00. The van der Waals surface area contributed by atoms with Crippen LogP contribution >= 0.6 is 0 Å². The number of hydrogen-bond donors (Lipinski definition) is 3. The lowest BCUT2D eigenvalue weighted by Gasteiger charge is -2.19. The van der Waals surface area contributed by atoms with Crippen molar-refractivity contribution in [3.8, 4) is 0 Å². The number of nitrogens with one attached hydrogen (secondary N) is 2. The second-order valence-electron chi connectivity index (χ2n) is 6.96. The van der Waals surface area contributed by atoms with Gasteiger partial charge < -0.3 is 16.4 Å². The number of hydrogen-bond acceptors (Lipinski definition) is 4. The number of amides is 2. The summed E-state index contributed by atoms with van der Waals surface area (Å²) in [6.07, 6.45) is 4.82. The Kier molecular flexibility index (Phi) is 7.40. The Morgan fingerprint density at radius 2 is 1.68 bits per heavy atom. The molecule has 2 atom stereocenters. The van der Waals surface area contributed by atoms with Crippen LogP contribution in [-0.4, -0.2) is 42.4 Å². The summed E-state index contributed by atoms with van der Waals surface area (Å²) in [6.45, 7) is 5.99. The average Bonchev–Trinajstić information content (AvgIpc) is 2.82. The summed E-state index contributed by atoms with van der Waals surface area (Å²) in [5, 5.41) is 5.76. The third-order valence-corrected chi connectivity index (χ3v) is 4.68. The molecule has 1 aromatic rings. The van der Waals surface area contributed by atoms with Crippen molar-refractivity contribution in [1.82, 2.24) is 4.90 Å². The highest BCUT2D eigenvalue weighted by Gasteiger charge is 2.17. The average molecular weight is 346 g/mol. The zero-order valence-electron chi connectivity index (χ0n) is 15.3. The molecular formula is C19H30N4O2. The predicted molar refractivity (Wildman–Crippen MR) is 101 cm³/mol. The highest BCUT2D eigenvalue weighted by molar-refractivity contribution is 5.95. The van der Waals surface area contributed by atoms with E-state index >= 15 is 0 Å². The number of nitrogens with zero attached hydrogens (tertiary/aromatic N) is 1. The van der Waals surface area contributed by atoms with Crippen LogP contribution in [0.25, 0.3) is 0 Å². The van der Waals surface area contributed by atoms with E-state index in [-0.39, 0.29) is 23.8 Å². The molecule has 1 heterocycles. The molecule has 1 fully saturated rings. The quantitative estimate of drug-likeness (QED) is 0.738. The van der Waals surface area contributed by atoms with E-state index in [1.807, 2.05) is 19.1 Å². The van der Waals surface area contributed by atoms with E-state index in [0.717, 1.165) is 25.9 Å². The van der Waals surface area contributed by atoms with E-state index in [2.05, 4.69) is 15.5 Å². The lowest BCUT2D eigenvalue weighted by molar-refractivity contribution is -0.120. The second-order valence-corrected chi connectivity index (χ2v) is 6.96. The first-order valence-corrected chi connectivity index (χ1v) is 9.14. The minimum absolute atomic E-state index is 0.0191. The van der Waals surface area contributed by atoms with E-state index in [0.29, 0.717) is 17.9 Å². The summed E-state index contributed by atoms with van der Waals surface area (Å²) in [4.78, 5) is 26.6. The number of anilines is 2. The van der Waals surface area contributed by atoms with Gasteiger partial charge in [-0.15, -0.1) is 0 Å². The molecule has 25 heavy (non-hydrogen) atoms. The van der Waals surface area contributed by atoms with Gasteiger partial charge in [0.2, 0.25) is 11.8 Å². The van der Waals surface area contributed by atoms with Crippen LogP contribution in [0.15, 0.2) is 24.3 Å². The Balaban J connectivity index is 1.89. The number of benzene rings is 1. The molecule has 0 aliphatic carbocycles. The van der Waals surface area contributed by atoms with Crippen molar-refractivity contribution in [3.05, 3.63) is 24.3 Å². The van der Waals surface area contributed by atoms with E-state index < -0.39 is 0 Å². The maximum Gasteiger partial charge on any atom is 0.238 e. The Labute approximate surface area is 150 Å². The van der Waals surface area contributed by atoms with Gasteiger partial charge >= 0.3 is 0 Å². The number of likely N-dealkylation sites (tertiary alicyclic amines) is 1. The van der Waals surface area contributed by atoms with Gasteiger partial charge in [0.1, 0.15) is 0 Å². The van der Waals surface area contributed by atoms with Crippen molar-refractivity contribution in [3.63, 3.8) is 0 Å². The standard InChI is InChI=1S/C19H30N4O2/c1-14(15(2)20)19(25)22-17-9-7-8-16(12-17)21-18(24)13-23-10-5-3-4-6-11-23/h7-9,12,14-15H,3-6,10-11,13,20H2,1-2H3,(H,21,24)(H,22,25). The number of rotatable bonds is 6. The van der Waals surface area contributed by atoms with Gasteiger partial charge in [0.15, 0.2) is 0 Å². The molecular weight excluding hydrogens is 316 g/mol. The smallest absolute Gasteiger partial charge is 0.238 e. The SMILES string of the molecule is CC(N)C(C)C(=O)Nc1cccc(NC(=O)CN2CCCCCC2)c1. The molecule has 2 amide bonds. The highest BCUT2D eigenvalue weighted by atomic mass is 16.2. The summed E-state index contributed by atoms with van der Waals surface area (Å²) in [5.74, 6) is -0.418. The summed E-state index contributed by atoms with van der Waals surface area (Å²) >= 11 is 0. The Morgan fingerprint density at radius 1 is 1.08 bits per heavy atom. The number of carbonyl (C=O) groups is 2. The molecule has 0 aromatic heterocycles.